The van der Waals surface area contributed by atoms with Crippen molar-refractivity contribution in [2.75, 3.05) is 13.2 Å². The van der Waals surface area contributed by atoms with E-state index in [-0.39, 0.29) is 11.5 Å². The first-order valence-corrected chi connectivity index (χ1v) is 7.82. The van der Waals surface area contributed by atoms with Crippen LogP contribution in [0.1, 0.15) is 28.5 Å². The van der Waals surface area contributed by atoms with Gasteiger partial charge in [0.05, 0.1) is 17.9 Å². The molecule has 0 atom stereocenters. The number of pyridine rings is 1. The summed E-state index contributed by atoms with van der Waals surface area (Å²) in [7, 11) is 0. The second-order valence-corrected chi connectivity index (χ2v) is 5.73. The number of nitrogens with zero attached hydrogens (tertiary/aromatic N) is 2. The van der Waals surface area contributed by atoms with Crippen LogP contribution in [0.2, 0.25) is 5.02 Å². The van der Waals surface area contributed by atoms with Crippen molar-refractivity contribution in [2.24, 2.45) is 0 Å². The first-order valence-electron chi connectivity index (χ1n) is 7.44. The van der Waals surface area contributed by atoms with Gasteiger partial charge in [0.2, 0.25) is 5.88 Å². The average molecular weight is 335 g/mol. The molecule has 0 bridgehead atoms. The fraction of sp³-hybridized carbons (Fsp3) is 0.294. The van der Waals surface area contributed by atoms with Crippen LogP contribution < -0.4 is 4.74 Å². The minimum Gasteiger partial charge on any atom is -0.478 e. The minimum absolute atomic E-state index is 0.000143. The number of hydrogen-bond acceptors (Lipinski definition) is 3. The Bertz CT molecular complexity index is 751. The molecule has 1 aromatic heterocycles. The van der Waals surface area contributed by atoms with Crippen LogP contribution in [0.4, 0.5) is 4.39 Å². The van der Waals surface area contributed by atoms with Crippen LogP contribution in [0.15, 0.2) is 30.3 Å². The van der Waals surface area contributed by atoms with Crippen LogP contribution in [0.5, 0.6) is 5.88 Å². The van der Waals surface area contributed by atoms with Crippen molar-refractivity contribution in [1.29, 1.82) is 0 Å². The summed E-state index contributed by atoms with van der Waals surface area (Å²) in [6, 6.07) is 7.70. The van der Waals surface area contributed by atoms with Gasteiger partial charge in [0.15, 0.2) is 0 Å². The highest BCUT2D eigenvalue weighted by molar-refractivity contribution is 6.31. The molecule has 0 N–H and O–H groups in total. The summed E-state index contributed by atoms with van der Waals surface area (Å²) < 4.78 is 19.3. The zero-order valence-corrected chi connectivity index (χ0v) is 13.4. The van der Waals surface area contributed by atoms with Crippen molar-refractivity contribution < 1.29 is 13.9 Å². The number of benzene rings is 1. The Morgan fingerprint density at radius 2 is 2.22 bits per heavy atom. The van der Waals surface area contributed by atoms with Gasteiger partial charge in [-0.2, -0.15) is 0 Å². The molecule has 0 saturated carbocycles. The molecular formula is C17H16ClFN2O2. The molecule has 0 spiro atoms. The van der Waals surface area contributed by atoms with Crippen LogP contribution in [0.25, 0.3) is 0 Å². The predicted octanol–water partition coefficient (Wildman–Crippen LogP) is 3.47. The van der Waals surface area contributed by atoms with E-state index in [0.29, 0.717) is 37.0 Å². The van der Waals surface area contributed by atoms with Crippen molar-refractivity contribution >= 4 is 17.5 Å². The molecule has 120 valence electrons. The van der Waals surface area contributed by atoms with Gasteiger partial charge in [0, 0.05) is 30.6 Å². The van der Waals surface area contributed by atoms with Gasteiger partial charge >= 0.3 is 0 Å². The molecule has 1 aromatic carbocycles. The van der Waals surface area contributed by atoms with Crippen molar-refractivity contribution in [1.82, 2.24) is 9.88 Å². The predicted molar refractivity (Wildman–Crippen MR) is 85.3 cm³/mol. The summed E-state index contributed by atoms with van der Waals surface area (Å²) in [5, 5.41) is 0.343. The molecule has 1 aliphatic heterocycles. The molecule has 2 heterocycles. The largest absolute Gasteiger partial charge is 0.478 e. The summed E-state index contributed by atoms with van der Waals surface area (Å²) in [4.78, 5) is 18.6. The Hall–Kier alpha value is -2.14. The zero-order valence-electron chi connectivity index (χ0n) is 12.7. The van der Waals surface area contributed by atoms with Gasteiger partial charge in [0.25, 0.3) is 5.91 Å². The Balaban J connectivity index is 1.81. The number of fused-ring (bicyclic) bond motifs is 1. The number of amides is 1. The third kappa shape index (κ3) is 3.29. The summed E-state index contributed by atoms with van der Waals surface area (Å²) in [6.07, 6.45) is 0.615. The van der Waals surface area contributed by atoms with E-state index < -0.39 is 5.82 Å². The molecule has 0 unspecified atom stereocenters. The molecule has 0 radical (unpaired) electrons. The molecule has 2 aromatic rings. The van der Waals surface area contributed by atoms with Crippen LogP contribution in [-0.2, 0) is 13.0 Å². The topological polar surface area (TPSA) is 42.4 Å². The van der Waals surface area contributed by atoms with Crippen molar-refractivity contribution in [3.63, 3.8) is 0 Å². The molecule has 1 amide bonds. The Labute approximate surface area is 138 Å². The smallest absolute Gasteiger partial charge is 0.257 e. The highest BCUT2D eigenvalue weighted by Crippen LogP contribution is 2.23. The first-order chi connectivity index (χ1) is 11.1. The average Bonchev–Trinajstić information content (AvgIpc) is 2.56. The number of carbonyl (C=O) groups is 1. The zero-order chi connectivity index (χ0) is 16.4. The van der Waals surface area contributed by atoms with Gasteiger partial charge in [-0.25, -0.2) is 9.37 Å². The maximum Gasteiger partial charge on any atom is 0.257 e. The summed E-state index contributed by atoms with van der Waals surface area (Å²) in [6.45, 7) is 3.35. The van der Waals surface area contributed by atoms with E-state index in [1.54, 1.807) is 11.0 Å². The molecule has 0 fully saturated rings. The van der Waals surface area contributed by atoms with Crippen molar-refractivity contribution in [2.45, 2.75) is 19.9 Å². The molecule has 0 aliphatic carbocycles. The SMILES string of the molecule is CCOc1ccc2c(n1)CCN(C(=O)c1cc(Cl)ccc1F)C2. The summed E-state index contributed by atoms with van der Waals surface area (Å²) in [5.74, 6) is -0.327. The van der Waals surface area contributed by atoms with E-state index >= 15 is 0 Å². The standard InChI is InChI=1S/C17H16ClFN2O2/c1-2-23-16-6-3-11-10-21(8-7-15(11)20-16)17(22)13-9-12(18)4-5-14(13)19/h3-6,9H,2,7-8,10H2,1H3. The van der Waals surface area contributed by atoms with Crippen LogP contribution in [-0.4, -0.2) is 28.9 Å². The van der Waals surface area contributed by atoms with Gasteiger partial charge in [-0.3, -0.25) is 4.79 Å². The maximum absolute atomic E-state index is 13.9. The molecule has 23 heavy (non-hydrogen) atoms. The van der Waals surface area contributed by atoms with Gasteiger partial charge in [-0.05, 0) is 30.7 Å². The van der Waals surface area contributed by atoms with Gasteiger partial charge in [0.1, 0.15) is 5.82 Å². The molecule has 3 rings (SSSR count). The van der Waals surface area contributed by atoms with Crippen LogP contribution >= 0.6 is 11.6 Å². The van der Waals surface area contributed by atoms with E-state index in [1.165, 1.54) is 18.2 Å². The van der Waals surface area contributed by atoms with Crippen molar-refractivity contribution in [3.8, 4) is 5.88 Å². The number of ether oxygens (including phenoxy) is 1. The minimum atomic E-state index is -0.560. The molecule has 0 saturated heterocycles. The second kappa shape index (κ2) is 6.54. The molecule has 6 heteroatoms. The molecule has 1 aliphatic rings. The Kier molecular flexibility index (Phi) is 4.48. The van der Waals surface area contributed by atoms with Gasteiger partial charge in [-0.15, -0.1) is 0 Å². The lowest BCUT2D eigenvalue weighted by atomic mass is 10.0. The lowest BCUT2D eigenvalue weighted by Crippen LogP contribution is -2.36. The number of hydrogen-bond donors (Lipinski definition) is 0. The highest BCUT2D eigenvalue weighted by atomic mass is 35.5. The monoisotopic (exact) mass is 334 g/mol. The third-order valence-corrected chi connectivity index (χ3v) is 4.00. The van der Waals surface area contributed by atoms with E-state index in [2.05, 4.69) is 4.98 Å². The van der Waals surface area contributed by atoms with Gasteiger partial charge < -0.3 is 9.64 Å². The lowest BCUT2D eigenvalue weighted by molar-refractivity contribution is 0.0728. The van der Waals surface area contributed by atoms with Crippen molar-refractivity contribution in [3.05, 3.63) is 58.0 Å². The van der Waals surface area contributed by atoms with E-state index in [0.717, 1.165) is 11.3 Å². The summed E-state index contributed by atoms with van der Waals surface area (Å²) in [5.41, 5.74) is 1.88. The van der Waals surface area contributed by atoms with Crippen LogP contribution in [0.3, 0.4) is 0 Å². The van der Waals surface area contributed by atoms with Crippen LogP contribution in [0, 0.1) is 5.82 Å². The highest BCUT2D eigenvalue weighted by Gasteiger charge is 2.25. The Morgan fingerprint density at radius 1 is 1.39 bits per heavy atom. The second-order valence-electron chi connectivity index (χ2n) is 5.29. The summed E-state index contributed by atoms with van der Waals surface area (Å²) >= 11 is 5.87. The van der Waals surface area contributed by atoms with Gasteiger partial charge in [-0.1, -0.05) is 17.7 Å². The maximum atomic E-state index is 13.9. The number of halogens is 2. The first kappa shape index (κ1) is 15.7. The lowest BCUT2D eigenvalue weighted by Gasteiger charge is -2.28. The third-order valence-electron chi connectivity index (χ3n) is 3.76. The molecule has 4 nitrogen and oxygen atoms in total. The molecular weight excluding hydrogens is 319 g/mol. The number of aromatic nitrogens is 1. The quantitative estimate of drug-likeness (QED) is 0.863. The number of rotatable bonds is 3. The normalized spacial score (nSPS) is 13.6. The van der Waals surface area contributed by atoms with E-state index in [1.807, 2.05) is 13.0 Å². The fourth-order valence-corrected chi connectivity index (χ4v) is 2.80. The Morgan fingerprint density at radius 3 is 3.00 bits per heavy atom. The number of carbonyl (C=O) groups excluding carboxylic acids is 1. The fourth-order valence-electron chi connectivity index (χ4n) is 2.63. The van der Waals surface area contributed by atoms with E-state index in [4.69, 9.17) is 16.3 Å². The van der Waals surface area contributed by atoms with E-state index in [9.17, 15) is 9.18 Å².